The highest BCUT2D eigenvalue weighted by atomic mass is 15.2. The van der Waals surface area contributed by atoms with Crippen LogP contribution in [0.5, 0.6) is 0 Å². The van der Waals surface area contributed by atoms with Crippen LogP contribution in [0.2, 0.25) is 0 Å². The fourth-order valence-electron chi connectivity index (χ4n) is 14.2. The van der Waals surface area contributed by atoms with E-state index in [0.717, 1.165) is 107 Å². The summed E-state index contributed by atoms with van der Waals surface area (Å²) in [7, 11) is 0. The number of anilines is 12. The number of hydrogen-bond acceptors (Lipinski definition) is 4. The molecule has 0 amide bonds. The van der Waals surface area contributed by atoms with Crippen LogP contribution in [-0.2, 0) is 5.41 Å². The van der Waals surface area contributed by atoms with Crippen molar-refractivity contribution in [2.75, 3.05) is 19.6 Å². The molecule has 496 valence electrons. The topological polar surface area (TPSA) is 13.0 Å². The highest BCUT2D eigenvalue weighted by Gasteiger charge is 2.39. The normalized spacial score (nSPS) is 11.4. The Balaban J connectivity index is 0.830. The van der Waals surface area contributed by atoms with Gasteiger partial charge < -0.3 is 19.6 Å². The minimum atomic E-state index is -0.877. The number of benzene rings is 15. The number of aryl methyl sites for hydroxylation is 4. The van der Waals surface area contributed by atoms with E-state index in [1.54, 1.807) is 0 Å². The Morgan fingerprint density at radius 3 is 0.641 bits per heavy atom. The largest absolute Gasteiger partial charge is 0.311 e. The molecule has 0 unspecified atom stereocenters. The van der Waals surface area contributed by atoms with Crippen molar-refractivity contribution < 1.29 is 0 Å². The molecule has 0 aliphatic heterocycles. The minimum Gasteiger partial charge on any atom is -0.311 e. The van der Waals surface area contributed by atoms with Crippen molar-refractivity contribution in [2.24, 2.45) is 0 Å². The van der Waals surface area contributed by atoms with Crippen molar-refractivity contribution in [3.05, 3.63) is 455 Å². The smallest absolute Gasteiger partial charge is 0.0701 e. The van der Waals surface area contributed by atoms with E-state index in [4.69, 9.17) is 0 Å². The standard InChI is InChI=1S/C99H80N4/c1-73-35-39-77(40-36-73)43-47-81-71-76(4)82(72-75(81)3)48-44-78-41-45-79(46-42-78)80-49-61-94(62-50-80)103(92-33-21-10-22-34-92)98-69-57-86(58-70-98)99(83-51-63-95(64-52-83)100(87-23-11-5-12-24-87)88-25-13-6-14-26-88,84-53-65-96(66-54-84)101(89-27-15-7-16-28-89)90-29-17-8-18-30-90)85-55-67-97(68-56-85)102(91-31-19-9-20-32-91)93-59-37-74(2)38-60-93/h5-72H,1-4H3/b47-43+,48-44+. The van der Waals surface area contributed by atoms with Crippen LogP contribution in [-0.4, -0.2) is 0 Å². The van der Waals surface area contributed by atoms with E-state index >= 15 is 0 Å². The Labute approximate surface area is 607 Å². The predicted octanol–water partition coefficient (Wildman–Crippen LogP) is 27.2. The van der Waals surface area contributed by atoms with Gasteiger partial charge in [0.05, 0.1) is 5.41 Å². The molecule has 0 bridgehead atoms. The lowest BCUT2D eigenvalue weighted by atomic mass is 9.65. The molecule has 0 radical (unpaired) electrons. The van der Waals surface area contributed by atoms with Gasteiger partial charge in [-0.05, 0) is 240 Å². The van der Waals surface area contributed by atoms with Gasteiger partial charge in [-0.1, -0.05) is 278 Å². The molecule has 0 aromatic heterocycles. The first kappa shape index (κ1) is 65.9. The molecule has 103 heavy (non-hydrogen) atoms. The van der Waals surface area contributed by atoms with Crippen LogP contribution in [0.15, 0.2) is 388 Å². The van der Waals surface area contributed by atoms with E-state index in [2.05, 4.69) is 460 Å². The highest BCUT2D eigenvalue weighted by Crippen LogP contribution is 2.50. The number of rotatable bonds is 21. The summed E-state index contributed by atoms with van der Waals surface area (Å²) in [5, 5.41) is 0. The van der Waals surface area contributed by atoms with Gasteiger partial charge in [0.1, 0.15) is 0 Å². The molecule has 0 spiro atoms. The van der Waals surface area contributed by atoms with Crippen molar-refractivity contribution in [1.29, 1.82) is 0 Å². The molecule has 0 heterocycles. The third-order valence-electron chi connectivity index (χ3n) is 19.6. The molecule has 4 heteroatoms. The van der Waals surface area contributed by atoms with E-state index in [1.807, 2.05) is 0 Å². The Kier molecular flexibility index (Phi) is 19.3. The molecule has 15 aromatic rings. The molecule has 15 aromatic carbocycles. The van der Waals surface area contributed by atoms with Crippen LogP contribution in [0.4, 0.5) is 68.2 Å². The Hall–Kier alpha value is -13.0. The maximum Gasteiger partial charge on any atom is 0.0701 e. The zero-order valence-electron chi connectivity index (χ0n) is 58.5. The first-order valence-electron chi connectivity index (χ1n) is 35.4. The lowest BCUT2D eigenvalue weighted by Crippen LogP contribution is -2.31. The third-order valence-corrected chi connectivity index (χ3v) is 19.6. The van der Waals surface area contributed by atoms with Gasteiger partial charge in [0.25, 0.3) is 0 Å². The van der Waals surface area contributed by atoms with Gasteiger partial charge in [-0.25, -0.2) is 0 Å². The summed E-state index contributed by atoms with van der Waals surface area (Å²) >= 11 is 0. The molecule has 0 saturated carbocycles. The van der Waals surface area contributed by atoms with Crippen LogP contribution in [0, 0.1) is 27.7 Å². The van der Waals surface area contributed by atoms with Gasteiger partial charge >= 0.3 is 0 Å². The predicted molar refractivity (Wildman–Crippen MR) is 439 cm³/mol. The average Bonchev–Trinajstić information content (AvgIpc) is 0.726. The molecule has 0 aliphatic carbocycles. The molecule has 0 aliphatic rings. The van der Waals surface area contributed by atoms with E-state index in [9.17, 15) is 0 Å². The monoisotopic (exact) mass is 1320 g/mol. The molecule has 0 fully saturated rings. The van der Waals surface area contributed by atoms with Gasteiger partial charge in [-0.15, -0.1) is 0 Å². The van der Waals surface area contributed by atoms with Crippen molar-refractivity contribution >= 4 is 92.6 Å². The van der Waals surface area contributed by atoms with Gasteiger partial charge in [-0.3, -0.25) is 0 Å². The molecular formula is C99H80N4. The Bertz CT molecular complexity index is 5110. The molecule has 0 N–H and O–H groups in total. The zero-order chi connectivity index (χ0) is 69.9. The van der Waals surface area contributed by atoms with Crippen molar-refractivity contribution in [3.63, 3.8) is 0 Å². The summed E-state index contributed by atoms with van der Waals surface area (Å²) in [5.74, 6) is 0. The average molecular weight is 1330 g/mol. The maximum atomic E-state index is 2.37. The Morgan fingerprint density at radius 1 is 0.194 bits per heavy atom. The summed E-state index contributed by atoms with van der Waals surface area (Å²) in [4.78, 5) is 9.39. The molecule has 15 rings (SSSR count). The van der Waals surface area contributed by atoms with Crippen LogP contribution >= 0.6 is 0 Å². The summed E-state index contributed by atoms with van der Waals surface area (Å²) in [5.41, 5.74) is 28.5. The van der Waals surface area contributed by atoms with Gasteiger partial charge in [0.2, 0.25) is 0 Å². The maximum absolute atomic E-state index is 2.37. The van der Waals surface area contributed by atoms with Crippen LogP contribution in [0.3, 0.4) is 0 Å². The second-order valence-electron chi connectivity index (χ2n) is 26.4. The lowest BCUT2D eigenvalue weighted by Gasteiger charge is -2.38. The quantitative estimate of drug-likeness (QED) is 0.0525. The fraction of sp³-hybridized carbons (Fsp3) is 0.0505. The van der Waals surface area contributed by atoms with E-state index in [1.165, 1.54) is 38.9 Å². The number of nitrogens with zero attached hydrogens (tertiary/aromatic N) is 4. The minimum absolute atomic E-state index is 0.877. The first-order valence-corrected chi connectivity index (χ1v) is 35.4. The van der Waals surface area contributed by atoms with Gasteiger partial charge in [0, 0.05) is 68.2 Å². The summed E-state index contributed by atoms with van der Waals surface area (Å²) in [6, 6.07) is 141. The third kappa shape index (κ3) is 14.3. The SMILES string of the molecule is Cc1ccc(/C=C/c2cc(C)c(/C=C/c3ccc(-c4ccc(N(c5ccccc5)c5ccc(C(c6ccc(N(c7ccccc7)c7ccccc7)cc6)(c6ccc(N(c7ccccc7)c7ccccc7)cc6)c6ccc(N(c7ccccc7)c7ccc(C)cc7)cc6)cc5)cc4)cc3)cc2C)cc1. The Morgan fingerprint density at radius 2 is 0.388 bits per heavy atom. The molecule has 0 saturated heterocycles. The summed E-state index contributed by atoms with van der Waals surface area (Å²) in [6.07, 6.45) is 8.88. The van der Waals surface area contributed by atoms with E-state index in [0.29, 0.717) is 0 Å². The zero-order valence-corrected chi connectivity index (χ0v) is 58.5. The van der Waals surface area contributed by atoms with Crippen LogP contribution in [0.1, 0.15) is 66.8 Å². The van der Waals surface area contributed by atoms with Gasteiger partial charge in [-0.2, -0.15) is 0 Å². The summed E-state index contributed by atoms with van der Waals surface area (Å²) in [6.45, 7) is 8.66. The fourth-order valence-corrected chi connectivity index (χ4v) is 14.2. The molecule has 4 nitrogen and oxygen atoms in total. The van der Waals surface area contributed by atoms with E-state index in [-0.39, 0.29) is 0 Å². The second-order valence-corrected chi connectivity index (χ2v) is 26.4. The van der Waals surface area contributed by atoms with Crippen LogP contribution in [0.25, 0.3) is 35.4 Å². The summed E-state index contributed by atoms with van der Waals surface area (Å²) < 4.78 is 0. The molecule has 0 atom stereocenters. The highest BCUT2D eigenvalue weighted by molar-refractivity contribution is 5.84. The number of para-hydroxylation sites is 6. The van der Waals surface area contributed by atoms with Crippen molar-refractivity contribution in [2.45, 2.75) is 33.1 Å². The molecular weight excluding hydrogens is 1250 g/mol. The van der Waals surface area contributed by atoms with E-state index < -0.39 is 5.41 Å². The van der Waals surface area contributed by atoms with Crippen molar-refractivity contribution in [3.8, 4) is 11.1 Å². The second kappa shape index (κ2) is 30.2. The van der Waals surface area contributed by atoms with Crippen molar-refractivity contribution in [1.82, 2.24) is 0 Å². The van der Waals surface area contributed by atoms with Crippen LogP contribution < -0.4 is 19.6 Å². The van der Waals surface area contributed by atoms with Gasteiger partial charge in [0.15, 0.2) is 0 Å². The lowest BCUT2D eigenvalue weighted by molar-refractivity contribution is 0.745. The first-order chi connectivity index (χ1) is 50.7. The number of hydrogen-bond donors (Lipinski definition) is 0.